The van der Waals surface area contributed by atoms with Crippen LogP contribution in [0.1, 0.15) is 21.5 Å². The van der Waals surface area contributed by atoms with Crippen molar-refractivity contribution in [2.45, 2.75) is 6.18 Å². The van der Waals surface area contributed by atoms with E-state index in [9.17, 15) is 22.8 Å². The van der Waals surface area contributed by atoms with Crippen LogP contribution in [0.2, 0.25) is 10.0 Å². The number of hydrogen-bond acceptors (Lipinski definition) is 3. The summed E-state index contributed by atoms with van der Waals surface area (Å²) in [5.41, 5.74) is 1.88. The summed E-state index contributed by atoms with van der Waals surface area (Å²) in [6.45, 7) is -0.373. The van der Waals surface area contributed by atoms with E-state index in [4.69, 9.17) is 23.2 Å². The maximum atomic E-state index is 12.5. The van der Waals surface area contributed by atoms with Gasteiger partial charge in [-0.15, -0.1) is 0 Å². The average molecular weight is 418 g/mol. The first-order chi connectivity index (χ1) is 12.7. The fourth-order valence-electron chi connectivity index (χ4n) is 1.91. The number of carbonyl (C=O) groups is 2. The summed E-state index contributed by atoms with van der Waals surface area (Å²) in [6, 6.07) is 8.52. The molecule has 0 unspecified atom stereocenters. The number of hydrazone groups is 1. The molecule has 2 aromatic carbocycles. The third-order valence-electron chi connectivity index (χ3n) is 3.23. The second kappa shape index (κ2) is 8.88. The second-order valence-corrected chi connectivity index (χ2v) is 6.06. The van der Waals surface area contributed by atoms with Gasteiger partial charge in [-0.3, -0.25) is 9.59 Å². The quantitative estimate of drug-likeness (QED) is 0.572. The van der Waals surface area contributed by atoms with Crippen molar-refractivity contribution >= 4 is 41.2 Å². The molecule has 2 aromatic rings. The Morgan fingerprint density at radius 3 is 2.33 bits per heavy atom. The first kappa shape index (κ1) is 20.7. The smallest absolute Gasteiger partial charge is 0.343 e. The molecule has 27 heavy (non-hydrogen) atoms. The number of alkyl halides is 3. The highest BCUT2D eigenvalue weighted by Gasteiger charge is 2.29. The van der Waals surface area contributed by atoms with Crippen LogP contribution in [0.4, 0.5) is 13.2 Å². The third-order valence-corrected chi connectivity index (χ3v) is 3.77. The normalized spacial score (nSPS) is 11.4. The van der Waals surface area contributed by atoms with Crippen molar-refractivity contribution in [3.63, 3.8) is 0 Å². The Morgan fingerprint density at radius 1 is 1.07 bits per heavy atom. The van der Waals surface area contributed by atoms with E-state index in [1.54, 1.807) is 0 Å². The highest BCUT2D eigenvalue weighted by molar-refractivity contribution is 6.36. The molecule has 0 fully saturated rings. The van der Waals surface area contributed by atoms with Gasteiger partial charge in [-0.2, -0.15) is 18.3 Å². The Balaban J connectivity index is 1.83. The van der Waals surface area contributed by atoms with Gasteiger partial charge in [0.2, 0.25) is 0 Å². The number of rotatable bonds is 5. The fraction of sp³-hybridized carbons (Fsp3) is 0.118. The molecule has 0 bridgehead atoms. The Kier molecular flexibility index (Phi) is 6.81. The molecule has 0 atom stereocenters. The number of hydrogen-bond donors (Lipinski definition) is 2. The van der Waals surface area contributed by atoms with Crippen molar-refractivity contribution in [1.82, 2.24) is 10.7 Å². The molecule has 0 aliphatic rings. The van der Waals surface area contributed by atoms with Crippen LogP contribution < -0.4 is 10.7 Å². The van der Waals surface area contributed by atoms with E-state index in [1.165, 1.54) is 36.5 Å². The van der Waals surface area contributed by atoms with Gasteiger partial charge in [-0.25, -0.2) is 5.43 Å². The van der Waals surface area contributed by atoms with Crippen LogP contribution in [0.15, 0.2) is 47.6 Å². The molecule has 0 saturated carbocycles. The number of nitrogens with zero attached hydrogens (tertiary/aromatic N) is 1. The topological polar surface area (TPSA) is 70.6 Å². The number of amides is 2. The summed E-state index contributed by atoms with van der Waals surface area (Å²) in [6.07, 6.45) is -3.25. The van der Waals surface area contributed by atoms with Crippen molar-refractivity contribution in [2.24, 2.45) is 5.10 Å². The first-order valence-corrected chi connectivity index (χ1v) is 8.15. The predicted octanol–water partition coefficient (Wildman–Crippen LogP) is 3.89. The predicted molar refractivity (Wildman–Crippen MR) is 96.0 cm³/mol. The Bertz CT molecular complexity index is 869. The van der Waals surface area contributed by atoms with Crippen molar-refractivity contribution in [2.75, 3.05) is 6.54 Å². The Labute approximate surface area is 162 Å². The molecule has 0 spiro atoms. The van der Waals surface area contributed by atoms with Crippen molar-refractivity contribution in [3.8, 4) is 0 Å². The van der Waals surface area contributed by atoms with Crippen LogP contribution in [-0.4, -0.2) is 24.6 Å². The Morgan fingerprint density at radius 2 is 1.74 bits per heavy atom. The molecule has 2 amide bonds. The molecule has 0 aromatic heterocycles. The van der Waals surface area contributed by atoms with Crippen LogP contribution >= 0.6 is 23.2 Å². The number of carbonyl (C=O) groups excluding carboxylic acids is 2. The van der Waals surface area contributed by atoms with Gasteiger partial charge in [0, 0.05) is 5.02 Å². The molecule has 2 N–H and O–H groups in total. The third kappa shape index (κ3) is 6.26. The lowest BCUT2D eigenvalue weighted by atomic mass is 10.1. The summed E-state index contributed by atoms with van der Waals surface area (Å²) in [4.78, 5) is 23.6. The SMILES string of the molecule is O=C(CNC(=O)c1ccc(Cl)cc1Cl)N/N=C/c1ccc(C(F)(F)F)cc1. The lowest BCUT2D eigenvalue weighted by molar-refractivity contribution is -0.137. The van der Waals surface area contributed by atoms with Crippen molar-refractivity contribution in [1.29, 1.82) is 0 Å². The standard InChI is InChI=1S/C17H12Cl2F3N3O2/c18-12-5-6-13(14(19)7-12)16(27)23-9-15(26)25-24-8-10-1-3-11(4-2-10)17(20,21)22/h1-8H,9H2,(H,23,27)(H,25,26)/b24-8+. The lowest BCUT2D eigenvalue weighted by Crippen LogP contribution is -2.35. The first-order valence-electron chi connectivity index (χ1n) is 7.39. The van der Waals surface area contributed by atoms with Gasteiger partial charge in [-0.1, -0.05) is 35.3 Å². The van der Waals surface area contributed by atoms with Crippen LogP contribution in [0, 0.1) is 0 Å². The van der Waals surface area contributed by atoms with Crippen LogP contribution in [-0.2, 0) is 11.0 Å². The van der Waals surface area contributed by atoms with Gasteiger partial charge in [0.05, 0.1) is 28.9 Å². The molecule has 10 heteroatoms. The van der Waals surface area contributed by atoms with Crippen molar-refractivity contribution in [3.05, 3.63) is 69.2 Å². The molecule has 0 aliphatic carbocycles. The molecule has 5 nitrogen and oxygen atoms in total. The summed E-state index contributed by atoms with van der Waals surface area (Å²) < 4.78 is 37.4. The number of halogens is 5. The molecule has 0 aliphatic heterocycles. The van der Waals surface area contributed by atoms with Crippen LogP contribution in [0.3, 0.4) is 0 Å². The van der Waals surface area contributed by atoms with Crippen LogP contribution in [0.25, 0.3) is 0 Å². The highest BCUT2D eigenvalue weighted by atomic mass is 35.5. The average Bonchev–Trinajstić information content (AvgIpc) is 2.59. The molecule has 0 saturated heterocycles. The molecule has 142 valence electrons. The van der Waals surface area contributed by atoms with E-state index >= 15 is 0 Å². The maximum absolute atomic E-state index is 12.5. The minimum absolute atomic E-state index is 0.140. The Hall–Kier alpha value is -2.58. The largest absolute Gasteiger partial charge is 0.416 e. The minimum Gasteiger partial charge on any atom is -0.343 e. The zero-order chi connectivity index (χ0) is 20.0. The van der Waals surface area contributed by atoms with Gasteiger partial charge in [0.1, 0.15) is 0 Å². The summed E-state index contributed by atoms with van der Waals surface area (Å²) in [5.74, 6) is -1.20. The molecular weight excluding hydrogens is 406 g/mol. The van der Waals surface area contributed by atoms with Gasteiger partial charge in [0.25, 0.3) is 11.8 Å². The number of benzene rings is 2. The minimum atomic E-state index is -4.42. The lowest BCUT2D eigenvalue weighted by Gasteiger charge is -2.06. The van der Waals surface area contributed by atoms with E-state index in [2.05, 4.69) is 15.8 Å². The van der Waals surface area contributed by atoms with Crippen LogP contribution in [0.5, 0.6) is 0 Å². The molecule has 0 heterocycles. The molecular formula is C17H12Cl2F3N3O2. The van der Waals surface area contributed by atoms with Crippen molar-refractivity contribution < 1.29 is 22.8 Å². The fourth-order valence-corrected chi connectivity index (χ4v) is 2.40. The summed E-state index contributed by atoms with van der Waals surface area (Å²) in [7, 11) is 0. The highest BCUT2D eigenvalue weighted by Crippen LogP contribution is 2.28. The van der Waals surface area contributed by atoms with Gasteiger partial charge < -0.3 is 5.32 Å². The van der Waals surface area contributed by atoms with E-state index < -0.39 is 23.6 Å². The van der Waals surface area contributed by atoms with E-state index in [-0.39, 0.29) is 17.1 Å². The zero-order valence-electron chi connectivity index (χ0n) is 13.5. The van der Waals surface area contributed by atoms with Gasteiger partial charge >= 0.3 is 6.18 Å². The second-order valence-electron chi connectivity index (χ2n) is 5.22. The van der Waals surface area contributed by atoms with E-state index in [0.717, 1.165) is 12.1 Å². The van der Waals surface area contributed by atoms with E-state index in [1.807, 2.05) is 0 Å². The zero-order valence-corrected chi connectivity index (χ0v) is 15.0. The monoisotopic (exact) mass is 417 g/mol. The number of nitrogens with one attached hydrogen (secondary N) is 2. The molecule has 0 radical (unpaired) electrons. The molecule has 2 rings (SSSR count). The maximum Gasteiger partial charge on any atom is 0.416 e. The summed E-state index contributed by atoms with van der Waals surface area (Å²) >= 11 is 11.6. The summed E-state index contributed by atoms with van der Waals surface area (Å²) in [5, 5.41) is 6.47. The van der Waals surface area contributed by atoms with Gasteiger partial charge in [0.15, 0.2) is 0 Å². The van der Waals surface area contributed by atoms with Gasteiger partial charge in [-0.05, 0) is 35.9 Å². The van der Waals surface area contributed by atoms with E-state index in [0.29, 0.717) is 10.6 Å².